The lowest BCUT2D eigenvalue weighted by Crippen LogP contribution is -2.13. The van der Waals surface area contributed by atoms with Gasteiger partial charge in [0.15, 0.2) is 5.78 Å². The van der Waals surface area contributed by atoms with Gasteiger partial charge < -0.3 is 20.9 Å². The van der Waals surface area contributed by atoms with Crippen molar-refractivity contribution in [3.63, 3.8) is 0 Å². The lowest BCUT2D eigenvalue weighted by Gasteiger charge is -2.08. The summed E-state index contributed by atoms with van der Waals surface area (Å²) < 4.78 is 10.9. The Morgan fingerprint density at radius 2 is 1.36 bits per heavy atom. The Bertz CT molecular complexity index is 1420. The van der Waals surface area contributed by atoms with Crippen LogP contribution in [0.1, 0.15) is 45.2 Å². The first kappa shape index (κ1) is 27.2. The number of hydrogen-bond acceptors (Lipinski definition) is 6. The summed E-state index contributed by atoms with van der Waals surface area (Å²) in [5, 5.41) is 0. The van der Waals surface area contributed by atoms with Gasteiger partial charge in [0.1, 0.15) is 19.0 Å². The van der Waals surface area contributed by atoms with Crippen LogP contribution in [0.25, 0.3) is 17.2 Å². The molecule has 39 heavy (non-hydrogen) atoms. The number of carbonyl (C=O) groups excluding carboxylic acids is 2. The fraction of sp³-hybridized carbons (Fsp3) is 0.152. The van der Waals surface area contributed by atoms with Crippen molar-refractivity contribution in [2.45, 2.75) is 19.8 Å². The van der Waals surface area contributed by atoms with Gasteiger partial charge in [-0.2, -0.15) is 0 Å². The smallest absolute Gasteiger partial charge is 0.338 e. The molecule has 4 aromatic rings. The molecule has 0 heterocycles. The van der Waals surface area contributed by atoms with E-state index in [1.807, 2.05) is 36.4 Å². The molecule has 0 fully saturated rings. The molecule has 4 N–H and O–H groups in total. The van der Waals surface area contributed by atoms with Gasteiger partial charge >= 0.3 is 5.97 Å². The van der Waals surface area contributed by atoms with E-state index in [2.05, 4.69) is 31.2 Å². The van der Waals surface area contributed by atoms with Crippen LogP contribution in [0.3, 0.4) is 0 Å². The second-order valence-corrected chi connectivity index (χ2v) is 9.16. The SMILES string of the molecule is CCCc1ccc(-c2ccc(C(=O)/C=C/c3ccc(OCCOC(=O)c4cc(N)cc(N)c4)cc3)cc2)cc1. The minimum Gasteiger partial charge on any atom is -0.490 e. The standard InChI is InChI=1S/C33H32N2O4/c1-2-3-23-4-9-25(10-5-23)26-11-13-27(14-12-26)32(36)17-8-24-6-15-31(16-7-24)38-18-19-39-33(37)28-20-29(34)22-30(35)21-28/h4-17,20-22H,2-3,18-19,34-35H2,1H3/b17-8+. The van der Waals surface area contributed by atoms with Crippen molar-refractivity contribution in [2.75, 3.05) is 24.7 Å². The Hall–Kier alpha value is -4.84. The topological polar surface area (TPSA) is 105 Å². The van der Waals surface area contributed by atoms with E-state index in [1.54, 1.807) is 30.4 Å². The van der Waals surface area contributed by atoms with E-state index in [0.29, 0.717) is 28.3 Å². The van der Waals surface area contributed by atoms with Gasteiger partial charge in [-0.25, -0.2) is 4.79 Å². The van der Waals surface area contributed by atoms with Gasteiger partial charge in [0.05, 0.1) is 5.56 Å². The molecule has 0 radical (unpaired) electrons. The fourth-order valence-electron chi connectivity index (χ4n) is 4.09. The van der Waals surface area contributed by atoms with E-state index in [4.69, 9.17) is 20.9 Å². The third kappa shape index (κ3) is 7.82. The van der Waals surface area contributed by atoms with Crippen molar-refractivity contribution < 1.29 is 19.1 Å². The van der Waals surface area contributed by atoms with Gasteiger partial charge in [-0.1, -0.05) is 80.1 Å². The van der Waals surface area contributed by atoms with Crippen molar-refractivity contribution in [3.8, 4) is 16.9 Å². The maximum absolute atomic E-state index is 12.7. The number of carbonyl (C=O) groups is 2. The van der Waals surface area contributed by atoms with Crippen molar-refractivity contribution in [1.29, 1.82) is 0 Å². The van der Waals surface area contributed by atoms with E-state index in [-0.39, 0.29) is 19.0 Å². The van der Waals surface area contributed by atoms with Crippen molar-refractivity contribution in [1.82, 2.24) is 0 Å². The number of benzene rings is 4. The van der Waals surface area contributed by atoms with E-state index in [9.17, 15) is 9.59 Å². The highest BCUT2D eigenvalue weighted by atomic mass is 16.6. The first-order valence-electron chi connectivity index (χ1n) is 12.9. The van der Waals surface area contributed by atoms with Crippen LogP contribution in [-0.4, -0.2) is 25.0 Å². The highest BCUT2D eigenvalue weighted by molar-refractivity contribution is 6.07. The molecule has 4 rings (SSSR count). The van der Waals surface area contributed by atoms with Gasteiger partial charge in [0.2, 0.25) is 0 Å². The summed E-state index contributed by atoms with van der Waals surface area (Å²) in [6, 6.07) is 28.1. The number of ketones is 1. The number of rotatable bonds is 11. The molecule has 6 nitrogen and oxygen atoms in total. The number of aryl methyl sites for hydroxylation is 1. The molecule has 0 atom stereocenters. The number of nitrogen functional groups attached to an aromatic ring is 2. The highest BCUT2D eigenvalue weighted by Crippen LogP contribution is 2.22. The second-order valence-electron chi connectivity index (χ2n) is 9.16. The zero-order valence-electron chi connectivity index (χ0n) is 21.9. The summed E-state index contributed by atoms with van der Waals surface area (Å²) in [4.78, 5) is 24.8. The van der Waals surface area contributed by atoms with Crippen LogP contribution < -0.4 is 16.2 Å². The number of ether oxygens (including phenoxy) is 2. The molecule has 0 aliphatic heterocycles. The molecule has 198 valence electrons. The molecular formula is C33H32N2O4. The zero-order chi connectivity index (χ0) is 27.6. The minimum atomic E-state index is -0.515. The Morgan fingerprint density at radius 3 is 1.97 bits per heavy atom. The summed E-state index contributed by atoms with van der Waals surface area (Å²) in [7, 11) is 0. The molecule has 0 unspecified atom stereocenters. The van der Waals surface area contributed by atoms with Crippen LogP contribution in [-0.2, 0) is 11.2 Å². The van der Waals surface area contributed by atoms with Crippen LogP contribution in [0.2, 0.25) is 0 Å². The highest BCUT2D eigenvalue weighted by Gasteiger charge is 2.09. The number of hydrogen-bond donors (Lipinski definition) is 2. The third-order valence-corrected chi connectivity index (χ3v) is 6.10. The molecule has 0 spiro atoms. The first-order valence-corrected chi connectivity index (χ1v) is 12.9. The maximum atomic E-state index is 12.7. The fourth-order valence-corrected chi connectivity index (χ4v) is 4.09. The summed E-state index contributed by atoms with van der Waals surface area (Å²) in [6.45, 7) is 2.44. The quantitative estimate of drug-likeness (QED) is 0.0759. The van der Waals surface area contributed by atoms with E-state index >= 15 is 0 Å². The second kappa shape index (κ2) is 13.1. The molecule has 0 saturated carbocycles. The lowest BCUT2D eigenvalue weighted by molar-refractivity contribution is 0.0450. The molecule has 0 amide bonds. The third-order valence-electron chi connectivity index (χ3n) is 6.10. The van der Waals surface area contributed by atoms with E-state index < -0.39 is 5.97 Å². The summed E-state index contributed by atoms with van der Waals surface area (Å²) in [5.74, 6) is 0.0448. The Morgan fingerprint density at radius 1 is 0.744 bits per heavy atom. The molecular weight excluding hydrogens is 488 g/mol. The molecule has 4 aromatic carbocycles. The Kier molecular flexibility index (Phi) is 9.14. The predicted molar refractivity (Wildman–Crippen MR) is 157 cm³/mol. The minimum absolute atomic E-state index is 0.0658. The largest absolute Gasteiger partial charge is 0.490 e. The predicted octanol–water partition coefficient (Wildman–Crippen LogP) is 6.60. The van der Waals surface area contributed by atoms with Crippen molar-refractivity contribution in [3.05, 3.63) is 119 Å². The van der Waals surface area contributed by atoms with Gasteiger partial charge in [0, 0.05) is 16.9 Å². The average Bonchev–Trinajstić information content (AvgIpc) is 2.95. The molecule has 0 aliphatic rings. The van der Waals surface area contributed by atoms with Crippen LogP contribution in [0.15, 0.2) is 97.1 Å². The molecule has 0 aliphatic carbocycles. The van der Waals surface area contributed by atoms with Gasteiger partial charge in [0.25, 0.3) is 0 Å². The van der Waals surface area contributed by atoms with Gasteiger partial charge in [-0.05, 0) is 65.1 Å². The normalized spacial score (nSPS) is 10.9. The molecule has 0 aromatic heterocycles. The van der Waals surface area contributed by atoms with Crippen LogP contribution >= 0.6 is 0 Å². The summed E-state index contributed by atoms with van der Waals surface area (Å²) >= 11 is 0. The number of anilines is 2. The van der Waals surface area contributed by atoms with Crippen LogP contribution in [0.4, 0.5) is 11.4 Å². The molecule has 0 bridgehead atoms. The number of allylic oxidation sites excluding steroid dienone is 1. The van der Waals surface area contributed by atoms with E-state index in [1.165, 1.54) is 17.7 Å². The van der Waals surface area contributed by atoms with Gasteiger partial charge in [-0.3, -0.25) is 4.79 Å². The number of esters is 1. The van der Waals surface area contributed by atoms with E-state index in [0.717, 1.165) is 29.5 Å². The maximum Gasteiger partial charge on any atom is 0.338 e. The zero-order valence-corrected chi connectivity index (χ0v) is 21.9. The van der Waals surface area contributed by atoms with Crippen LogP contribution in [0, 0.1) is 0 Å². The monoisotopic (exact) mass is 520 g/mol. The van der Waals surface area contributed by atoms with Crippen LogP contribution in [0.5, 0.6) is 5.75 Å². The first-order chi connectivity index (χ1) is 18.9. The number of nitrogens with two attached hydrogens (primary N) is 2. The van der Waals surface area contributed by atoms with Crippen molar-refractivity contribution >= 4 is 29.2 Å². The summed E-state index contributed by atoms with van der Waals surface area (Å²) in [6.07, 6.45) is 5.54. The van der Waals surface area contributed by atoms with Gasteiger partial charge in [-0.15, -0.1) is 0 Å². The summed E-state index contributed by atoms with van der Waals surface area (Å²) in [5.41, 5.74) is 17.6. The van der Waals surface area contributed by atoms with Crippen molar-refractivity contribution in [2.24, 2.45) is 0 Å². The average molecular weight is 521 g/mol. The molecule has 0 saturated heterocycles. The lowest BCUT2D eigenvalue weighted by atomic mass is 10.00. The Labute approximate surface area is 228 Å². The Balaban J connectivity index is 1.24. The molecule has 6 heteroatoms.